The van der Waals surface area contributed by atoms with Crippen LogP contribution < -0.4 is 0 Å². The van der Waals surface area contributed by atoms with Gasteiger partial charge in [0.25, 0.3) is 0 Å². The molecule has 0 radical (unpaired) electrons. The van der Waals surface area contributed by atoms with Crippen molar-refractivity contribution < 1.29 is 4.74 Å². The van der Waals surface area contributed by atoms with Gasteiger partial charge < -0.3 is 4.74 Å². The van der Waals surface area contributed by atoms with Crippen LogP contribution >= 0.6 is 0 Å². The van der Waals surface area contributed by atoms with E-state index in [4.69, 9.17) is 4.74 Å². The molecule has 1 aliphatic rings. The third-order valence-electron chi connectivity index (χ3n) is 2.71. The summed E-state index contributed by atoms with van der Waals surface area (Å²) in [6, 6.07) is 0. The van der Waals surface area contributed by atoms with Gasteiger partial charge in [0.2, 0.25) is 0 Å². The Bertz CT molecular complexity index is 149. The lowest BCUT2D eigenvalue weighted by Crippen LogP contribution is -2.22. The minimum absolute atomic E-state index is 0.395. The van der Waals surface area contributed by atoms with Crippen LogP contribution in [0.25, 0.3) is 0 Å². The summed E-state index contributed by atoms with van der Waals surface area (Å²) >= 11 is 0. The number of hydrogen-bond acceptors (Lipinski definition) is 1. The fraction of sp³-hybridized carbons (Fsp3) is 0.800. The van der Waals surface area contributed by atoms with Crippen LogP contribution in [0.5, 0.6) is 0 Å². The Kier molecular flexibility index (Phi) is 3.13. The fourth-order valence-corrected chi connectivity index (χ4v) is 1.82. The predicted octanol–water partition coefficient (Wildman–Crippen LogP) is 2.77. The zero-order chi connectivity index (χ0) is 8.27. The molecule has 0 aromatic rings. The molecule has 2 atom stereocenters. The van der Waals surface area contributed by atoms with E-state index >= 15 is 0 Å². The molecule has 0 spiro atoms. The van der Waals surface area contributed by atoms with E-state index in [0.717, 1.165) is 0 Å². The molecule has 11 heavy (non-hydrogen) atoms. The standard InChI is InChI=1S/C10H18O/c1-8-6-4-5-7-10(8)9(2)11-3/h6,9-10H,4-5,7H2,1-3H3/t9-,10+/m1/s1. The molecule has 1 heteroatoms. The second kappa shape index (κ2) is 3.91. The molecule has 0 N–H and O–H groups in total. The summed E-state index contributed by atoms with van der Waals surface area (Å²) in [5.74, 6) is 0.675. The van der Waals surface area contributed by atoms with E-state index in [1.807, 2.05) is 0 Å². The summed E-state index contributed by atoms with van der Waals surface area (Å²) in [7, 11) is 1.80. The largest absolute Gasteiger partial charge is 0.381 e. The first-order valence-corrected chi connectivity index (χ1v) is 4.45. The van der Waals surface area contributed by atoms with Crippen LogP contribution in [0.3, 0.4) is 0 Å². The second-order valence-corrected chi connectivity index (χ2v) is 3.43. The molecule has 0 bridgehead atoms. The third kappa shape index (κ3) is 2.06. The average molecular weight is 154 g/mol. The summed E-state index contributed by atoms with van der Waals surface area (Å²) in [5, 5.41) is 0. The number of methoxy groups -OCH3 is 1. The molecule has 0 unspecified atom stereocenters. The first kappa shape index (κ1) is 8.79. The van der Waals surface area contributed by atoms with Gasteiger partial charge in [-0.1, -0.05) is 11.6 Å². The topological polar surface area (TPSA) is 9.23 Å². The summed E-state index contributed by atoms with van der Waals surface area (Å²) < 4.78 is 5.32. The van der Waals surface area contributed by atoms with Crippen LogP contribution in [-0.2, 0) is 4.74 Å². The molecule has 0 saturated carbocycles. The van der Waals surface area contributed by atoms with Gasteiger partial charge in [-0.05, 0) is 33.1 Å². The van der Waals surface area contributed by atoms with E-state index < -0.39 is 0 Å². The van der Waals surface area contributed by atoms with Crippen molar-refractivity contribution in [3.8, 4) is 0 Å². The lowest BCUT2D eigenvalue weighted by molar-refractivity contribution is 0.0742. The zero-order valence-electron chi connectivity index (χ0n) is 7.76. The van der Waals surface area contributed by atoms with Gasteiger partial charge in [0.05, 0.1) is 6.10 Å². The molecular formula is C10H18O. The van der Waals surface area contributed by atoms with Gasteiger partial charge in [-0.2, -0.15) is 0 Å². The Balaban J connectivity index is 2.55. The van der Waals surface area contributed by atoms with Crippen LogP contribution in [0.15, 0.2) is 11.6 Å². The van der Waals surface area contributed by atoms with E-state index in [1.165, 1.54) is 24.8 Å². The molecule has 0 aromatic carbocycles. The Morgan fingerprint density at radius 1 is 1.64 bits per heavy atom. The van der Waals surface area contributed by atoms with Crippen LogP contribution in [0.4, 0.5) is 0 Å². The van der Waals surface area contributed by atoms with Gasteiger partial charge in [0, 0.05) is 13.0 Å². The molecular weight excluding hydrogens is 136 g/mol. The second-order valence-electron chi connectivity index (χ2n) is 3.43. The summed E-state index contributed by atoms with van der Waals surface area (Å²) in [4.78, 5) is 0. The number of rotatable bonds is 2. The van der Waals surface area contributed by atoms with Crippen molar-refractivity contribution in [2.75, 3.05) is 7.11 Å². The monoisotopic (exact) mass is 154 g/mol. The SMILES string of the molecule is CO[C@H](C)[C@H]1CCCC=C1C. The highest BCUT2D eigenvalue weighted by atomic mass is 16.5. The summed E-state index contributed by atoms with van der Waals surface area (Å²) in [5.41, 5.74) is 1.52. The van der Waals surface area contributed by atoms with Gasteiger partial charge in [-0.25, -0.2) is 0 Å². The molecule has 1 aliphatic carbocycles. The van der Waals surface area contributed by atoms with Crippen molar-refractivity contribution in [2.24, 2.45) is 5.92 Å². The molecule has 1 nitrogen and oxygen atoms in total. The molecule has 0 aliphatic heterocycles. The zero-order valence-corrected chi connectivity index (χ0v) is 7.76. The Hall–Kier alpha value is -0.300. The molecule has 0 amide bonds. The van der Waals surface area contributed by atoms with Gasteiger partial charge in [-0.3, -0.25) is 0 Å². The van der Waals surface area contributed by atoms with Crippen LogP contribution in [0.1, 0.15) is 33.1 Å². The Morgan fingerprint density at radius 2 is 2.36 bits per heavy atom. The number of allylic oxidation sites excluding steroid dienone is 1. The van der Waals surface area contributed by atoms with Crippen LogP contribution in [0, 0.1) is 5.92 Å². The maximum Gasteiger partial charge on any atom is 0.0608 e. The van der Waals surface area contributed by atoms with Crippen LogP contribution in [0.2, 0.25) is 0 Å². The minimum Gasteiger partial charge on any atom is -0.381 e. The lowest BCUT2D eigenvalue weighted by Gasteiger charge is -2.26. The van der Waals surface area contributed by atoms with Crippen molar-refractivity contribution in [3.63, 3.8) is 0 Å². The quantitative estimate of drug-likeness (QED) is 0.556. The highest BCUT2D eigenvalue weighted by Crippen LogP contribution is 2.28. The van der Waals surface area contributed by atoms with Crippen molar-refractivity contribution >= 4 is 0 Å². The predicted molar refractivity (Wildman–Crippen MR) is 47.6 cm³/mol. The maximum atomic E-state index is 5.32. The van der Waals surface area contributed by atoms with Crippen molar-refractivity contribution in [1.29, 1.82) is 0 Å². The smallest absolute Gasteiger partial charge is 0.0608 e. The number of ether oxygens (including phenoxy) is 1. The van der Waals surface area contributed by atoms with Crippen LogP contribution in [-0.4, -0.2) is 13.2 Å². The minimum atomic E-state index is 0.395. The maximum absolute atomic E-state index is 5.32. The summed E-state index contributed by atoms with van der Waals surface area (Å²) in [6.07, 6.45) is 6.64. The first-order chi connectivity index (χ1) is 5.25. The fourth-order valence-electron chi connectivity index (χ4n) is 1.82. The molecule has 64 valence electrons. The normalized spacial score (nSPS) is 27.9. The van der Waals surface area contributed by atoms with Gasteiger partial charge >= 0.3 is 0 Å². The van der Waals surface area contributed by atoms with Crippen molar-refractivity contribution in [1.82, 2.24) is 0 Å². The third-order valence-corrected chi connectivity index (χ3v) is 2.71. The van der Waals surface area contributed by atoms with E-state index in [1.54, 1.807) is 7.11 Å². The van der Waals surface area contributed by atoms with E-state index in [0.29, 0.717) is 12.0 Å². The molecule has 0 fully saturated rings. The van der Waals surface area contributed by atoms with Crippen molar-refractivity contribution in [3.05, 3.63) is 11.6 Å². The highest BCUT2D eigenvalue weighted by Gasteiger charge is 2.20. The molecule has 0 aromatic heterocycles. The highest BCUT2D eigenvalue weighted by molar-refractivity contribution is 5.08. The Labute approximate surface area is 69.4 Å². The van der Waals surface area contributed by atoms with Gasteiger partial charge in [0.1, 0.15) is 0 Å². The van der Waals surface area contributed by atoms with Gasteiger partial charge in [-0.15, -0.1) is 0 Å². The molecule has 1 rings (SSSR count). The average Bonchev–Trinajstić information content (AvgIpc) is 2.04. The first-order valence-electron chi connectivity index (χ1n) is 4.45. The lowest BCUT2D eigenvalue weighted by atomic mass is 9.85. The Morgan fingerprint density at radius 3 is 2.91 bits per heavy atom. The van der Waals surface area contributed by atoms with E-state index in [-0.39, 0.29) is 0 Å². The molecule has 0 heterocycles. The van der Waals surface area contributed by atoms with Gasteiger partial charge in [0.15, 0.2) is 0 Å². The van der Waals surface area contributed by atoms with E-state index in [2.05, 4.69) is 19.9 Å². The molecule has 0 saturated heterocycles. The van der Waals surface area contributed by atoms with E-state index in [9.17, 15) is 0 Å². The summed E-state index contributed by atoms with van der Waals surface area (Å²) in [6.45, 7) is 4.38. The van der Waals surface area contributed by atoms with Crippen molar-refractivity contribution in [2.45, 2.75) is 39.2 Å². The number of hydrogen-bond donors (Lipinski definition) is 0.